The number of thioether (sulfide) groups is 1. The van der Waals surface area contributed by atoms with Crippen molar-refractivity contribution in [1.29, 1.82) is 0 Å². The lowest BCUT2D eigenvalue weighted by atomic mass is 10.3. The second kappa shape index (κ2) is 5.07. The largest absolute Gasteiger partial charge is 0.368 e. The number of aliphatic hydroxyl groups excluding tert-OH is 1. The molecule has 3 N–H and O–H groups in total. The lowest BCUT2D eigenvalue weighted by Crippen LogP contribution is -2.02. The molecule has 67 valence electrons. The van der Waals surface area contributed by atoms with Crippen molar-refractivity contribution in [2.75, 3.05) is 0 Å². The highest BCUT2D eigenvalue weighted by molar-refractivity contribution is 8.01. The van der Waals surface area contributed by atoms with Crippen LogP contribution in [-0.2, 0) is 0 Å². The Labute approximate surface area is 73.4 Å². The third-order valence-electron chi connectivity index (χ3n) is 1.06. The molecule has 0 spiro atoms. The molecule has 0 unspecified atom stereocenters. The molecule has 0 atom stereocenters. The van der Waals surface area contributed by atoms with Crippen LogP contribution in [0.5, 0.6) is 0 Å². The number of aromatic nitrogens is 4. The van der Waals surface area contributed by atoms with Gasteiger partial charge in [-0.3, -0.25) is 0 Å². The van der Waals surface area contributed by atoms with Crippen molar-refractivity contribution in [2.24, 2.45) is 0 Å². The van der Waals surface area contributed by atoms with E-state index in [2.05, 4.69) is 20.6 Å². The molecule has 7 heteroatoms. The Kier molecular flexibility index (Phi) is 3.98. The van der Waals surface area contributed by atoms with E-state index in [1.165, 1.54) is 11.8 Å². The van der Waals surface area contributed by atoms with E-state index in [0.717, 1.165) is 0 Å². The Morgan fingerprint density at radius 3 is 3.00 bits per heavy atom. The lowest BCUT2D eigenvalue weighted by molar-refractivity contribution is -0.0444. The van der Waals surface area contributed by atoms with Crippen LogP contribution in [0.15, 0.2) is 5.16 Å². The first-order valence-corrected chi connectivity index (χ1v) is 4.25. The first-order valence-electron chi connectivity index (χ1n) is 3.37. The molecular formula is C5H9N4O2S. The highest BCUT2D eigenvalue weighted by Crippen LogP contribution is 2.17. The third-order valence-corrected chi connectivity index (χ3v) is 1.86. The van der Waals surface area contributed by atoms with Crippen LogP contribution in [0.4, 0.5) is 0 Å². The maximum atomic E-state index is 8.49. The number of aromatic amines is 1. The fourth-order valence-electron chi connectivity index (χ4n) is 0.555. The molecule has 1 rings (SSSR count). The Bertz CT molecular complexity index is 203. The quantitative estimate of drug-likeness (QED) is 0.330. The van der Waals surface area contributed by atoms with Gasteiger partial charge in [0, 0.05) is 5.75 Å². The molecule has 0 amide bonds. The molecule has 0 aromatic carbocycles. The maximum Gasteiger partial charge on any atom is 0.207 e. The number of rotatable bonds is 5. The van der Waals surface area contributed by atoms with Crippen LogP contribution in [0.25, 0.3) is 0 Å². The van der Waals surface area contributed by atoms with Crippen molar-refractivity contribution in [3.8, 4) is 0 Å². The van der Waals surface area contributed by atoms with Gasteiger partial charge in [-0.15, -0.1) is 5.10 Å². The van der Waals surface area contributed by atoms with Gasteiger partial charge in [0.05, 0.1) is 0 Å². The van der Waals surface area contributed by atoms with E-state index in [0.29, 0.717) is 18.0 Å². The molecule has 1 radical (unpaired) electrons. The molecule has 12 heavy (non-hydrogen) atoms. The molecule has 0 fully saturated rings. The topological polar surface area (TPSA) is 94.9 Å². The summed E-state index contributed by atoms with van der Waals surface area (Å²) in [5, 5.41) is 30.5. The van der Waals surface area contributed by atoms with Crippen LogP contribution >= 0.6 is 11.8 Å². The number of hydrogen-bond acceptors (Lipinski definition) is 6. The summed E-state index contributed by atoms with van der Waals surface area (Å²) in [6.45, 7) is 0. The summed E-state index contributed by atoms with van der Waals surface area (Å²) in [6.07, 6.45) is -0.313. The van der Waals surface area contributed by atoms with Crippen LogP contribution in [0.3, 0.4) is 0 Å². The molecule has 0 aliphatic carbocycles. The van der Waals surface area contributed by atoms with Gasteiger partial charge in [-0.25, -0.2) is 5.10 Å². The van der Waals surface area contributed by atoms with E-state index in [-0.39, 0.29) is 0 Å². The van der Waals surface area contributed by atoms with Crippen molar-refractivity contribution in [3.63, 3.8) is 0 Å². The summed E-state index contributed by atoms with van der Waals surface area (Å²) in [5.74, 6) is 1.81. The summed E-state index contributed by atoms with van der Waals surface area (Å²) < 4.78 is 0. The second-order valence-corrected chi connectivity index (χ2v) is 3.00. The molecule has 1 aromatic rings. The third kappa shape index (κ3) is 3.65. The normalized spacial score (nSPS) is 10.9. The van der Waals surface area contributed by atoms with E-state index < -0.39 is 6.29 Å². The fourth-order valence-corrected chi connectivity index (χ4v) is 1.14. The molecule has 0 saturated heterocycles. The van der Waals surface area contributed by atoms with Gasteiger partial charge in [0.15, 0.2) is 6.29 Å². The smallest absolute Gasteiger partial charge is 0.207 e. The monoisotopic (exact) mass is 189 g/mol. The zero-order valence-electron chi connectivity index (χ0n) is 6.21. The van der Waals surface area contributed by atoms with Crippen LogP contribution in [0.1, 0.15) is 12.8 Å². The first-order chi connectivity index (χ1) is 5.79. The Morgan fingerprint density at radius 2 is 2.42 bits per heavy atom. The van der Waals surface area contributed by atoms with Gasteiger partial charge in [-0.1, -0.05) is 11.8 Å². The standard InChI is InChI=1S/C5H9N4O2S/c10-4(11)2-1-3-12-5-6-8-9-7-5/h3-4,10-11H,1-2H2,(H,6,7,8,9). The van der Waals surface area contributed by atoms with Gasteiger partial charge in [0.1, 0.15) is 0 Å². The average molecular weight is 189 g/mol. The summed E-state index contributed by atoms with van der Waals surface area (Å²) in [7, 11) is 0. The second-order valence-electron chi connectivity index (χ2n) is 2.05. The summed E-state index contributed by atoms with van der Waals surface area (Å²) in [4.78, 5) is 0. The highest BCUT2D eigenvalue weighted by Gasteiger charge is 2.00. The summed E-state index contributed by atoms with van der Waals surface area (Å²) in [6, 6.07) is 0. The molecule has 6 nitrogen and oxygen atoms in total. The zero-order chi connectivity index (χ0) is 8.81. The van der Waals surface area contributed by atoms with Crippen LogP contribution in [0, 0.1) is 5.75 Å². The maximum absolute atomic E-state index is 8.49. The molecule has 1 heterocycles. The number of hydrogen-bond donors (Lipinski definition) is 3. The van der Waals surface area contributed by atoms with Crippen LogP contribution in [-0.4, -0.2) is 37.1 Å². The number of tetrazole rings is 1. The minimum atomic E-state index is -1.24. The molecule has 0 saturated carbocycles. The van der Waals surface area contributed by atoms with E-state index in [1.807, 2.05) is 5.75 Å². The van der Waals surface area contributed by atoms with Crippen molar-refractivity contribution >= 4 is 11.8 Å². The van der Waals surface area contributed by atoms with E-state index >= 15 is 0 Å². The molecule has 1 aromatic heterocycles. The van der Waals surface area contributed by atoms with Gasteiger partial charge < -0.3 is 10.2 Å². The van der Waals surface area contributed by atoms with Gasteiger partial charge in [0.25, 0.3) is 0 Å². The van der Waals surface area contributed by atoms with Gasteiger partial charge in [-0.2, -0.15) is 0 Å². The van der Waals surface area contributed by atoms with Crippen LogP contribution in [0.2, 0.25) is 0 Å². The predicted molar refractivity (Wildman–Crippen MR) is 41.8 cm³/mol. The van der Waals surface area contributed by atoms with E-state index in [4.69, 9.17) is 10.2 Å². The van der Waals surface area contributed by atoms with Gasteiger partial charge >= 0.3 is 0 Å². The van der Waals surface area contributed by atoms with Gasteiger partial charge in [-0.05, 0) is 23.3 Å². The van der Waals surface area contributed by atoms with E-state index in [1.54, 1.807) is 0 Å². The Balaban J connectivity index is 2.04. The molecule has 0 bridgehead atoms. The number of aliphatic hydroxyl groups is 2. The molecule has 0 aliphatic rings. The minimum Gasteiger partial charge on any atom is -0.368 e. The number of H-pyrrole nitrogens is 1. The van der Waals surface area contributed by atoms with Gasteiger partial charge in [0.2, 0.25) is 5.16 Å². The molecule has 0 aliphatic heterocycles. The average Bonchev–Trinajstić information content (AvgIpc) is 2.49. The van der Waals surface area contributed by atoms with Crippen molar-refractivity contribution in [3.05, 3.63) is 5.75 Å². The Morgan fingerprint density at radius 1 is 1.58 bits per heavy atom. The number of nitrogens with one attached hydrogen (secondary N) is 1. The zero-order valence-corrected chi connectivity index (χ0v) is 7.03. The van der Waals surface area contributed by atoms with E-state index in [9.17, 15) is 0 Å². The SMILES string of the molecule is OC(O)CC[CH]Sc1nnn[nH]1. The molecular weight excluding hydrogens is 180 g/mol. The summed E-state index contributed by atoms with van der Waals surface area (Å²) >= 11 is 1.33. The Hall–Kier alpha value is -0.660. The van der Waals surface area contributed by atoms with Crippen molar-refractivity contribution in [1.82, 2.24) is 20.6 Å². The predicted octanol–water partition coefficient (Wildman–Crippen LogP) is -0.456. The lowest BCUT2D eigenvalue weighted by Gasteiger charge is -1.99. The first kappa shape index (κ1) is 9.43. The highest BCUT2D eigenvalue weighted by atomic mass is 32.2. The minimum absolute atomic E-state index is 0.328. The van der Waals surface area contributed by atoms with Crippen molar-refractivity contribution in [2.45, 2.75) is 24.3 Å². The fraction of sp³-hybridized carbons (Fsp3) is 0.600. The summed E-state index contributed by atoms with van der Waals surface area (Å²) in [5.41, 5.74) is 0. The van der Waals surface area contributed by atoms with Crippen LogP contribution < -0.4 is 0 Å². The van der Waals surface area contributed by atoms with Crippen molar-refractivity contribution < 1.29 is 10.2 Å². The number of nitrogens with zero attached hydrogens (tertiary/aromatic N) is 3.